The summed E-state index contributed by atoms with van der Waals surface area (Å²) in [5, 5.41) is 11.5. The third kappa shape index (κ3) is 2.96. The lowest BCUT2D eigenvalue weighted by atomic mass is 10.3. The van der Waals surface area contributed by atoms with Gasteiger partial charge in [0.25, 0.3) is 0 Å². The average molecular weight is 287 g/mol. The van der Waals surface area contributed by atoms with E-state index in [4.69, 9.17) is 0 Å². The molecule has 0 bridgehead atoms. The Labute approximate surface area is 124 Å². The summed E-state index contributed by atoms with van der Waals surface area (Å²) in [5.41, 5.74) is 0. The van der Waals surface area contributed by atoms with Gasteiger partial charge in [0.1, 0.15) is 23.8 Å². The molecule has 2 aromatic heterocycles. The summed E-state index contributed by atoms with van der Waals surface area (Å²) >= 11 is 0. The molecule has 3 heterocycles. The second-order valence-electron chi connectivity index (χ2n) is 5.17. The lowest BCUT2D eigenvalue weighted by molar-refractivity contribution is 0.555. The Morgan fingerprint density at radius 1 is 1.24 bits per heavy atom. The zero-order valence-corrected chi connectivity index (χ0v) is 12.6. The Hall–Kier alpha value is -2.18. The molecule has 0 aliphatic carbocycles. The van der Waals surface area contributed by atoms with E-state index in [1.54, 1.807) is 6.33 Å². The molecule has 3 rings (SSSR count). The van der Waals surface area contributed by atoms with E-state index >= 15 is 0 Å². The Kier molecular flexibility index (Phi) is 3.98. The smallest absolute Gasteiger partial charge is 0.152 e. The highest BCUT2D eigenvalue weighted by Gasteiger charge is 2.19. The molecule has 0 unspecified atom stereocenters. The molecule has 1 N–H and O–H groups in total. The number of nitrogens with one attached hydrogen (secondary N) is 1. The Bertz CT molecular complexity index is 607. The first-order valence-corrected chi connectivity index (χ1v) is 7.53. The summed E-state index contributed by atoms with van der Waals surface area (Å²) < 4.78 is 2.09. The second kappa shape index (κ2) is 6.07. The lowest BCUT2D eigenvalue weighted by Crippen LogP contribution is -2.34. The van der Waals surface area contributed by atoms with Crippen LogP contribution >= 0.6 is 0 Å². The van der Waals surface area contributed by atoms with Crippen LogP contribution in [0.3, 0.4) is 0 Å². The molecule has 0 aromatic carbocycles. The predicted molar refractivity (Wildman–Crippen MR) is 81.3 cm³/mol. The van der Waals surface area contributed by atoms with Crippen LogP contribution in [0.1, 0.15) is 31.9 Å². The van der Waals surface area contributed by atoms with E-state index in [9.17, 15) is 0 Å². The van der Waals surface area contributed by atoms with Crippen molar-refractivity contribution in [2.24, 2.45) is 0 Å². The van der Waals surface area contributed by atoms with Crippen LogP contribution in [-0.2, 0) is 19.5 Å². The zero-order valence-electron chi connectivity index (χ0n) is 12.6. The third-order valence-corrected chi connectivity index (χ3v) is 3.59. The van der Waals surface area contributed by atoms with Gasteiger partial charge >= 0.3 is 0 Å². The molecule has 2 aromatic rings. The van der Waals surface area contributed by atoms with Crippen LogP contribution in [0.2, 0.25) is 0 Å². The van der Waals surface area contributed by atoms with Gasteiger partial charge in [0.2, 0.25) is 0 Å². The van der Waals surface area contributed by atoms with E-state index in [1.165, 1.54) is 0 Å². The molecule has 0 radical (unpaired) electrons. The van der Waals surface area contributed by atoms with Crippen molar-refractivity contribution in [1.82, 2.24) is 24.7 Å². The highest BCUT2D eigenvalue weighted by atomic mass is 15.3. The number of rotatable bonds is 5. The number of fused-ring (bicyclic) bond motifs is 1. The molecular formula is C14H21N7. The quantitative estimate of drug-likeness (QED) is 0.898. The van der Waals surface area contributed by atoms with E-state index in [0.29, 0.717) is 0 Å². The van der Waals surface area contributed by atoms with Gasteiger partial charge in [-0.15, -0.1) is 10.2 Å². The minimum absolute atomic E-state index is 0.743. The summed E-state index contributed by atoms with van der Waals surface area (Å²) in [6.45, 7) is 7.70. The van der Waals surface area contributed by atoms with Crippen LogP contribution < -0.4 is 10.2 Å². The van der Waals surface area contributed by atoms with Crippen molar-refractivity contribution in [3.05, 3.63) is 24.0 Å². The number of aryl methyl sites for hydroxylation is 1. The molecule has 7 nitrogen and oxygen atoms in total. The highest BCUT2D eigenvalue weighted by Crippen LogP contribution is 2.20. The van der Waals surface area contributed by atoms with Gasteiger partial charge in [-0.3, -0.25) is 0 Å². The number of aromatic nitrogens is 5. The van der Waals surface area contributed by atoms with Crippen LogP contribution in [0.5, 0.6) is 0 Å². The van der Waals surface area contributed by atoms with Crippen molar-refractivity contribution in [1.29, 1.82) is 0 Å². The van der Waals surface area contributed by atoms with Crippen molar-refractivity contribution in [3.63, 3.8) is 0 Å². The van der Waals surface area contributed by atoms with Crippen LogP contribution in [0.15, 0.2) is 12.4 Å². The van der Waals surface area contributed by atoms with Crippen LogP contribution in [0.25, 0.3) is 0 Å². The van der Waals surface area contributed by atoms with Gasteiger partial charge < -0.3 is 14.8 Å². The van der Waals surface area contributed by atoms with Gasteiger partial charge in [-0.05, 0) is 6.42 Å². The number of hydrogen-bond donors (Lipinski definition) is 1. The van der Waals surface area contributed by atoms with Crippen LogP contribution in [0.4, 0.5) is 11.6 Å². The molecule has 21 heavy (non-hydrogen) atoms. The average Bonchev–Trinajstić information content (AvgIpc) is 3.00. The van der Waals surface area contributed by atoms with Gasteiger partial charge in [0.15, 0.2) is 5.82 Å². The molecule has 0 saturated carbocycles. The standard InChI is InChI=1S/C14H21N7/c1-3-5-15-12-8-13(18-11(4-2)17-12)20-6-7-21-10-16-19-14(21)9-20/h8,10H,3-7,9H2,1-2H3,(H,15,17,18). The van der Waals surface area contributed by atoms with Crippen molar-refractivity contribution in [2.75, 3.05) is 23.3 Å². The van der Waals surface area contributed by atoms with E-state index in [2.05, 4.69) is 48.8 Å². The van der Waals surface area contributed by atoms with Crippen molar-refractivity contribution in [3.8, 4) is 0 Å². The zero-order chi connectivity index (χ0) is 14.7. The fourth-order valence-electron chi connectivity index (χ4n) is 2.41. The minimum Gasteiger partial charge on any atom is -0.370 e. The van der Waals surface area contributed by atoms with Crippen LogP contribution in [-0.4, -0.2) is 37.8 Å². The van der Waals surface area contributed by atoms with Crippen molar-refractivity contribution >= 4 is 11.6 Å². The highest BCUT2D eigenvalue weighted by molar-refractivity contribution is 5.49. The molecule has 0 fully saturated rings. The number of hydrogen-bond acceptors (Lipinski definition) is 6. The monoisotopic (exact) mass is 287 g/mol. The molecule has 112 valence electrons. The first-order chi connectivity index (χ1) is 10.3. The third-order valence-electron chi connectivity index (χ3n) is 3.59. The van der Waals surface area contributed by atoms with Gasteiger partial charge in [-0.1, -0.05) is 13.8 Å². The van der Waals surface area contributed by atoms with Gasteiger partial charge in [0.05, 0.1) is 6.54 Å². The maximum atomic E-state index is 4.66. The largest absolute Gasteiger partial charge is 0.370 e. The predicted octanol–water partition coefficient (Wildman–Crippen LogP) is 1.47. The summed E-state index contributed by atoms with van der Waals surface area (Å²) in [7, 11) is 0. The summed E-state index contributed by atoms with van der Waals surface area (Å²) in [6, 6.07) is 2.03. The first kappa shape index (κ1) is 13.8. The maximum Gasteiger partial charge on any atom is 0.152 e. The summed E-state index contributed by atoms with van der Waals surface area (Å²) in [5.74, 6) is 3.74. The van der Waals surface area contributed by atoms with Crippen molar-refractivity contribution in [2.45, 2.75) is 39.8 Å². The molecule has 0 atom stereocenters. The normalized spacial score (nSPS) is 14.1. The molecule has 0 amide bonds. The minimum atomic E-state index is 0.743. The molecule has 0 saturated heterocycles. The SMILES string of the molecule is CCCNc1cc(N2CCn3cnnc3C2)nc(CC)n1. The maximum absolute atomic E-state index is 4.66. The van der Waals surface area contributed by atoms with Crippen molar-refractivity contribution < 1.29 is 0 Å². The van der Waals surface area contributed by atoms with Gasteiger partial charge in [-0.2, -0.15) is 0 Å². The summed E-state index contributed by atoms with van der Waals surface area (Å²) in [6.07, 6.45) is 3.70. The molecule has 7 heteroatoms. The van der Waals surface area contributed by atoms with E-state index < -0.39 is 0 Å². The topological polar surface area (TPSA) is 71.8 Å². The molecule has 1 aliphatic rings. The van der Waals surface area contributed by atoms with E-state index in [0.717, 1.165) is 62.3 Å². The van der Waals surface area contributed by atoms with Crippen LogP contribution in [0, 0.1) is 0 Å². The lowest BCUT2D eigenvalue weighted by Gasteiger charge is -2.28. The molecular weight excluding hydrogens is 266 g/mol. The Morgan fingerprint density at radius 3 is 2.95 bits per heavy atom. The second-order valence-corrected chi connectivity index (χ2v) is 5.17. The molecule has 1 aliphatic heterocycles. The Morgan fingerprint density at radius 2 is 2.14 bits per heavy atom. The van der Waals surface area contributed by atoms with E-state index in [1.807, 2.05) is 6.07 Å². The number of anilines is 2. The first-order valence-electron chi connectivity index (χ1n) is 7.53. The molecule has 0 spiro atoms. The van der Waals surface area contributed by atoms with Gasteiger partial charge in [0, 0.05) is 32.1 Å². The Balaban J connectivity index is 1.84. The fraction of sp³-hybridized carbons (Fsp3) is 0.571. The fourth-order valence-corrected chi connectivity index (χ4v) is 2.41. The van der Waals surface area contributed by atoms with E-state index in [-0.39, 0.29) is 0 Å². The number of nitrogens with zero attached hydrogens (tertiary/aromatic N) is 6. The van der Waals surface area contributed by atoms with Gasteiger partial charge in [-0.25, -0.2) is 9.97 Å². The summed E-state index contributed by atoms with van der Waals surface area (Å²) in [4.78, 5) is 11.4.